The molecule has 0 amide bonds. The SMILES string of the molecule is CCNCC(CC)(CC)CN(CCOC)C1CC1. The van der Waals surface area contributed by atoms with Gasteiger partial charge in [-0.05, 0) is 37.6 Å². The molecular formula is C15H32N2O. The van der Waals surface area contributed by atoms with Gasteiger partial charge in [0.2, 0.25) is 0 Å². The van der Waals surface area contributed by atoms with Crippen molar-refractivity contribution in [3.63, 3.8) is 0 Å². The lowest BCUT2D eigenvalue weighted by molar-refractivity contribution is 0.0928. The standard InChI is InChI=1S/C15H32N2O/c1-5-15(6-2,12-16-7-3)13-17(10-11-18-4)14-8-9-14/h14,16H,5-13H2,1-4H3. The van der Waals surface area contributed by atoms with Crippen LogP contribution in [0.3, 0.4) is 0 Å². The smallest absolute Gasteiger partial charge is 0.0589 e. The van der Waals surface area contributed by atoms with Crippen molar-refractivity contribution in [1.29, 1.82) is 0 Å². The van der Waals surface area contributed by atoms with Crippen LogP contribution in [0.2, 0.25) is 0 Å². The van der Waals surface area contributed by atoms with Gasteiger partial charge in [-0.1, -0.05) is 20.8 Å². The maximum absolute atomic E-state index is 5.26. The van der Waals surface area contributed by atoms with Gasteiger partial charge in [-0.25, -0.2) is 0 Å². The Kier molecular flexibility index (Phi) is 7.20. The predicted octanol–water partition coefficient (Wildman–Crippen LogP) is 2.51. The fourth-order valence-electron chi connectivity index (χ4n) is 2.64. The van der Waals surface area contributed by atoms with Crippen molar-refractivity contribution in [2.24, 2.45) is 5.41 Å². The van der Waals surface area contributed by atoms with Gasteiger partial charge in [0, 0.05) is 32.8 Å². The molecule has 0 spiro atoms. The highest BCUT2D eigenvalue weighted by Gasteiger charge is 2.35. The summed E-state index contributed by atoms with van der Waals surface area (Å²) in [5, 5.41) is 3.55. The Morgan fingerprint density at radius 2 is 1.89 bits per heavy atom. The summed E-state index contributed by atoms with van der Waals surface area (Å²) >= 11 is 0. The van der Waals surface area contributed by atoms with Gasteiger partial charge in [0.1, 0.15) is 0 Å². The summed E-state index contributed by atoms with van der Waals surface area (Å²) in [4.78, 5) is 2.66. The molecule has 0 aromatic rings. The first-order valence-electron chi connectivity index (χ1n) is 7.65. The van der Waals surface area contributed by atoms with Crippen molar-refractivity contribution in [2.45, 2.75) is 52.5 Å². The molecule has 0 bridgehead atoms. The fourth-order valence-corrected chi connectivity index (χ4v) is 2.64. The third-order valence-electron chi connectivity index (χ3n) is 4.43. The summed E-state index contributed by atoms with van der Waals surface area (Å²) < 4.78 is 5.26. The number of nitrogens with one attached hydrogen (secondary N) is 1. The molecule has 1 saturated carbocycles. The molecule has 0 heterocycles. The molecule has 1 fully saturated rings. The molecule has 0 radical (unpaired) electrons. The minimum atomic E-state index is 0.437. The summed E-state index contributed by atoms with van der Waals surface area (Å²) in [5.41, 5.74) is 0.437. The van der Waals surface area contributed by atoms with Crippen molar-refractivity contribution in [3.8, 4) is 0 Å². The Labute approximate surface area is 113 Å². The van der Waals surface area contributed by atoms with Crippen molar-refractivity contribution >= 4 is 0 Å². The van der Waals surface area contributed by atoms with E-state index in [2.05, 4.69) is 31.0 Å². The Bertz CT molecular complexity index is 213. The molecule has 1 N–H and O–H groups in total. The van der Waals surface area contributed by atoms with Gasteiger partial charge < -0.3 is 10.1 Å². The topological polar surface area (TPSA) is 24.5 Å². The van der Waals surface area contributed by atoms with Gasteiger partial charge in [-0.15, -0.1) is 0 Å². The van der Waals surface area contributed by atoms with Crippen LogP contribution in [0.1, 0.15) is 46.5 Å². The van der Waals surface area contributed by atoms with Crippen LogP contribution in [0.4, 0.5) is 0 Å². The van der Waals surface area contributed by atoms with Gasteiger partial charge in [0.25, 0.3) is 0 Å². The molecule has 0 aromatic heterocycles. The van der Waals surface area contributed by atoms with Gasteiger partial charge in [-0.3, -0.25) is 4.90 Å². The Morgan fingerprint density at radius 1 is 1.22 bits per heavy atom. The molecule has 0 unspecified atom stereocenters. The average molecular weight is 256 g/mol. The van der Waals surface area contributed by atoms with Gasteiger partial charge in [0.15, 0.2) is 0 Å². The predicted molar refractivity (Wildman–Crippen MR) is 78.0 cm³/mol. The molecule has 1 aliphatic carbocycles. The third-order valence-corrected chi connectivity index (χ3v) is 4.43. The van der Waals surface area contributed by atoms with E-state index in [0.29, 0.717) is 5.41 Å². The van der Waals surface area contributed by atoms with E-state index in [4.69, 9.17) is 4.74 Å². The number of hydrogen-bond acceptors (Lipinski definition) is 3. The first-order valence-corrected chi connectivity index (χ1v) is 7.65. The molecular weight excluding hydrogens is 224 g/mol. The van der Waals surface area contributed by atoms with Gasteiger partial charge in [-0.2, -0.15) is 0 Å². The molecule has 108 valence electrons. The van der Waals surface area contributed by atoms with Gasteiger partial charge >= 0.3 is 0 Å². The monoisotopic (exact) mass is 256 g/mol. The highest BCUT2D eigenvalue weighted by atomic mass is 16.5. The van der Waals surface area contributed by atoms with Crippen LogP contribution in [0, 0.1) is 5.41 Å². The maximum Gasteiger partial charge on any atom is 0.0589 e. The van der Waals surface area contributed by atoms with Crippen LogP contribution >= 0.6 is 0 Å². The van der Waals surface area contributed by atoms with Crippen LogP contribution in [0.25, 0.3) is 0 Å². The number of ether oxygens (including phenoxy) is 1. The Morgan fingerprint density at radius 3 is 2.33 bits per heavy atom. The number of hydrogen-bond donors (Lipinski definition) is 1. The molecule has 18 heavy (non-hydrogen) atoms. The molecule has 1 aliphatic rings. The van der Waals surface area contributed by atoms with E-state index >= 15 is 0 Å². The highest BCUT2D eigenvalue weighted by Crippen LogP contribution is 2.33. The molecule has 0 saturated heterocycles. The average Bonchev–Trinajstić information content (AvgIpc) is 3.23. The second-order valence-electron chi connectivity index (χ2n) is 5.68. The van der Waals surface area contributed by atoms with E-state index in [1.54, 1.807) is 7.11 Å². The normalized spacial score (nSPS) is 16.5. The van der Waals surface area contributed by atoms with E-state index in [1.165, 1.54) is 32.2 Å². The zero-order valence-electron chi connectivity index (χ0n) is 12.8. The third kappa shape index (κ3) is 4.87. The fraction of sp³-hybridized carbons (Fsp3) is 1.00. The lowest BCUT2D eigenvalue weighted by atomic mass is 9.81. The Hall–Kier alpha value is -0.120. The zero-order chi connectivity index (χ0) is 13.4. The molecule has 3 heteroatoms. The molecule has 1 rings (SSSR count). The van der Waals surface area contributed by atoms with E-state index in [-0.39, 0.29) is 0 Å². The number of nitrogens with zero attached hydrogens (tertiary/aromatic N) is 1. The van der Waals surface area contributed by atoms with Crippen LogP contribution in [0.5, 0.6) is 0 Å². The van der Waals surface area contributed by atoms with E-state index in [9.17, 15) is 0 Å². The summed E-state index contributed by atoms with van der Waals surface area (Å²) in [6, 6.07) is 0.833. The lowest BCUT2D eigenvalue weighted by Crippen LogP contribution is -2.45. The molecule has 0 aliphatic heterocycles. The van der Waals surface area contributed by atoms with Crippen molar-refractivity contribution in [3.05, 3.63) is 0 Å². The number of rotatable bonds is 11. The highest BCUT2D eigenvalue weighted by molar-refractivity contribution is 4.90. The summed E-state index contributed by atoms with van der Waals surface area (Å²) in [6.07, 6.45) is 5.28. The van der Waals surface area contributed by atoms with Crippen LogP contribution in [-0.4, -0.2) is 50.8 Å². The quantitative estimate of drug-likeness (QED) is 0.615. The molecule has 0 aromatic carbocycles. The van der Waals surface area contributed by atoms with Crippen molar-refractivity contribution < 1.29 is 4.74 Å². The Balaban J connectivity index is 2.54. The van der Waals surface area contributed by atoms with E-state index in [0.717, 1.165) is 32.3 Å². The summed E-state index contributed by atoms with van der Waals surface area (Å²) in [5.74, 6) is 0. The minimum Gasteiger partial charge on any atom is -0.383 e. The maximum atomic E-state index is 5.26. The second-order valence-corrected chi connectivity index (χ2v) is 5.68. The van der Waals surface area contributed by atoms with E-state index in [1.807, 2.05) is 0 Å². The minimum absolute atomic E-state index is 0.437. The van der Waals surface area contributed by atoms with E-state index < -0.39 is 0 Å². The molecule has 3 nitrogen and oxygen atoms in total. The summed E-state index contributed by atoms with van der Waals surface area (Å²) in [7, 11) is 1.80. The van der Waals surface area contributed by atoms with Crippen molar-refractivity contribution in [1.82, 2.24) is 10.2 Å². The lowest BCUT2D eigenvalue weighted by Gasteiger charge is -2.37. The second kappa shape index (κ2) is 8.13. The number of methoxy groups -OCH3 is 1. The summed E-state index contributed by atoms with van der Waals surface area (Å²) in [6.45, 7) is 12.3. The largest absolute Gasteiger partial charge is 0.383 e. The van der Waals surface area contributed by atoms with Crippen LogP contribution in [0.15, 0.2) is 0 Å². The first-order chi connectivity index (χ1) is 8.71. The van der Waals surface area contributed by atoms with Crippen molar-refractivity contribution in [2.75, 3.05) is 39.9 Å². The first kappa shape index (κ1) is 15.9. The molecule has 0 atom stereocenters. The van der Waals surface area contributed by atoms with Gasteiger partial charge in [0.05, 0.1) is 6.61 Å². The van der Waals surface area contributed by atoms with Crippen LogP contribution in [-0.2, 0) is 4.74 Å². The zero-order valence-corrected chi connectivity index (χ0v) is 12.8. The van der Waals surface area contributed by atoms with Crippen LogP contribution < -0.4 is 5.32 Å².